The third-order valence-corrected chi connectivity index (χ3v) is 3.83. The summed E-state index contributed by atoms with van der Waals surface area (Å²) in [4.78, 5) is 17.4. The number of hydrogen-bond acceptors (Lipinski definition) is 5. The summed E-state index contributed by atoms with van der Waals surface area (Å²) < 4.78 is 5.30. The van der Waals surface area contributed by atoms with Gasteiger partial charge in [-0.15, -0.1) is 0 Å². The van der Waals surface area contributed by atoms with Crippen LogP contribution in [-0.2, 0) is 17.8 Å². The highest BCUT2D eigenvalue weighted by molar-refractivity contribution is 5.66. The van der Waals surface area contributed by atoms with E-state index < -0.39 is 5.97 Å². The fraction of sp³-hybridized carbons (Fsp3) is 0.800. The molecule has 0 aliphatic carbocycles. The fourth-order valence-electron chi connectivity index (χ4n) is 2.85. The normalized spacial score (nSPS) is 20.0. The molecule has 1 aromatic heterocycles. The molecule has 21 heavy (non-hydrogen) atoms. The zero-order valence-corrected chi connectivity index (χ0v) is 12.9. The molecule has 1 saturated heterocycles. The van der Waals surface area contributed by atoms with E-state index in [9.17, 15) is 4.79 Å². The smallest absolute Gasteiger partial charge is 0.303 e. The minimum atomic E-state index is -0.706. The molecule has 1 fully saturated rings. The van der Waals surface area contributed by atoms with Crippen LogP contribution in [0.5, 0.6) is 0 Å². The highest BCUT2D eigenvalue weighted by atomic mass is 16.5. The summed E-state index contributed by atoms with van der Waals surface area (Å²) in [6.45, 7) is 6.89. The molecule has 6 heteroatoms. The number of likely N-dealkylation sites (tertiary alicyclic amines) is 1. The van der Waals surface area contributed by atoms with E-state index in [0.717, 1.165) is 44.6 Å². The molecule has 1 aliphatic rings. The molecular formula is C15H25N3O3. The second-order valence-electron chi connectivity index (χ2n) is 6.38. The van der Waals surface area contributed by atoms with Crippen LogP contribution in [0.3, 0.4) is 0 Å². The molecule has 1 aliphatic heterocycles. The highest BCUT2D eigenvalue weighted by Crippen LogP contribution is 2.22. The van der Waals surface area contributed by atoms with Crippen molar-refractivity contribution in [1.29, 1.82) is 0 Å². The van der Waals surface area contributed by atoms with Crippen LogP contribution in [0.15, 0.2) is 4.52 Å². The van der Waals surface area contributed by atoms with Crippen molar-refractivity contribution in [3.63, 3.8) is 0 Å². The number of carboxylic acids is 1. The number of carbonyl (C=O) groups is 1. The topological polar surface area (TPSA) is 79.5 Å². The van der Waals surface area contributed by atoms with E-state index in [-0.39, 0.29) is 6.42 Å². The molecular weight excluding hydrogens is 270 g/mol. The van der Waals surface area contributed by atoms with Crippen molar-refractivity contribution < 1.29 is 14.4 Å². The summed E-state index contributed by atoms with van der Waals surface area (Å²) in [5, 5.41) is 12.8. The van der Waals surface area contributed by atoms with Gasteiger partial charge in [0.15, 0.2) is 5.82 Å². The van der Waals surface area contributed by atoms with Gasteiger partial charge >= 0.3 is 5.97 Å². The van der Waals surface area contributed by atoms with Gasteiger partial charge in [-0.1, -0.05) is 19.0 Å². The highest BCUT2D eigenvalue weighted by Gasteiger charge is 2.22. The van der Waals surface area contributed by atoms with Crippen LogP contribution in [0.4, 0.5) is 0 Å². The minimum absolute atomic E-state index is 0.262. The average Bonchev–Trinajstić information content (AvgIpc) is 2.83. The SMILES string of the molecule is CC(C)Cc1noc(CN2CCCC(CCC(=O)O)C2)n1. The fourth-order valence-corrected chi connectivity index (χ4v) is 2.85. The lowest BCUT2D eigenvalue weighted by molar-refractivity contribution is -0.137. The predicted molar refractivity (Wildman–Crippen MR) is 77.7 cm³/mol. The van der Waals surface area contributed by atoms with Crippen molar-refractivity contribution in [1.82, 2.24) is 15.0 Å². The number of hydrogen-bond donors (Lipinski definition) is 1. The quantitative estimate of drug-likeness (QED) is 0.831. The molecule has 1 N–H and O–H groups in total. The Bertz CT molecular complexity index is 459. The molecule has 1 unspecified atom stereocenters. The number of aliphatic carboxylic acids is 1. The number of rotatable bonds is 7. The van der Waals surface area contributed by atoms with Gasteiger partial charge in [-0.05, 0) is 37.6 Å². The van der Waals surface area contributed by atoms with E-state index in [2.05, 4.69) is 28.9 Å². The van der Waals surface area contributed by atoms with Crippen LogP contribution in [0, 0.1) is 11.8 Å². The van der Waals surface area contributed by atoms with Gasteiger partial charge in [0.25, 0.3) is 0 Å². The van der Waals surface area contributed by atoms with Crippen molar-refractivity contribution in [3.8, 4) is 0 Å². The molecule has 2 heterocycles. The first-order chi connectivity index (χ1) is 10.0. The van der Waals surface area contributed by atoms with Crippen LogP contribution < -0.4 is 0 Å². The van der Waals surface area contributed by atoms with Crippen LogP contribution >= 0.6 is 0 Å². The van der Waals surface area contributed by atoms with Crippen molar-refractivity contribution in [2.24, 2.45) is 11.8 Å². The summed E-state index contributed by atoms with van der Waals surface area (Å²) in [6, 6.07) is 0. The monoisotopic (exact) mass is 295 g/mol. The van der Waals surface area contributed by atoms with Gasteiger partial charge in [-0.25, -0.2) is 0 Å². The molecule has 0 bridgehead atoms. The second-order valence-corrected chi connectivity index (χ2v) is 6.38. The van der Waals surface area contributed by atoms with Crippen LogP contribution in [-0.4, -0.2) is 39.2 Å². The summed E-state index contributed by atoms with van der Waals surface area (Å²) in [5.74, 6) is 1.73. The first-order valence-electron chi connectivity index (χ1n) is 7.78. The standard InChI is InChI=1S/C15H25N3O3/c1-11(2)8-13-16-14(21-17-13)10-18-7-3-4-12(9-18)5-6-15(19)20/h11-12H,3-10H2,1-2H3,(H,19,20). The van der Waals surface area contributed by atoms with Gasteiger partial charge in [-0.2, -0.15) is 4.98 Å². The maximum atomic E-state index is 10.7. The van der Waals surface area contributed by atoms with Gasteiger partial charge < -0.3 is 9.63 Å². The van der Waals surface area contributed by atoms with E-state index in [4.69, 9.17) is 9.63 Å². The Balaban J connectivity index is 1.81. The molecule has 1 atom stereocenters. The minimum Gasteiger partial charge on any atom is -0.481 e. The van der Waals surface area contributed by atoms with Gasteiger partial charge in [0.05, 0.1) is 6.54 Å². The molecule has 6 nitrogen and oxygen atoms in total. The van der Waals surface area contributed by atoms with Crippen LogP contribution in [0.25, 0.3) is 0 Å². The molecule has 0 spiro atoms. The number of nitrogens with zero attached hydrogens (tertiary/aromatic N) is 3. The Morgan fingerprint density at radius 1 is 1.52 bits per heavy atom. The Morgan fingerprint density at radius 3 is 3.05 bits per heavy atom. The summed E-state index contributed by atoms with van der Waals surface area (Å²) >= 11 is 0. The number of piperidine rings is 1. The third-order valence-electron chi connectivity index (χ3n) is 3.83. The largest absolute Gasteiger partial charge is 0.481 e. The van der Waals surface area contributed by atoms with Crippen LogP contribution in [0.1, 0.15) is 51.2 Å². The van der Waals surface area contributed by atoms with Crippen molar-refractivity contribution >= 4 is 5.97 Å². The maximum absolute atomic E-state index is 10.7. The third kappa shape index (κ3) is 5.46. The van der Waals surface area contributed by atoms with Gasteiger partial charge in [0.2, 0.25) is 5.89 Å². The summed E-state index contributed by atoms with van der Waals surface area (Å²) in [5.41, 5.74) is 0. The first-order valence-corrected chi connectivity index (χ1v) is 7.78. The van der Waals surface area contributed by atoms with E-state index in [1.807, 2.05) is 0 Å². The van der Waals surface area contributed by atoms with E-state index in [0.29, 0.717) is 24.3 Å². The Morgan fingerprint density at radius 2 is 2.33 bits per heavy atom. The molecule has 2 rings (SSSR count). The molecule has 0 radical (unpaired) electrons. The Labute approximate surface area is 125 Å². The van der Waals surface area contributed by atoms with Gasteiger partial charge in [0, 0.05) is 19.4 Å². The van der Waals surface area contributed by atoms with Crippen molar-refractivity contribution in [2.45, 2.75) is 52.5 Å². The number of aromatic nitrogens is 2. The molecule has 0 aromatic carbocycles. The van der Waals surface area contributed by atoms with Crippen molar-refractivity contribution in [2.75, 3.05) is 13.1 Å². The first kappa shape index (κ1) is 15.9. The molecule has 0 amide bonds. The molecule has 0 saturated carbocycles. The van der Waals surface area contributed by atoms with Gasteiger partial charge in [0.1, 0.15) is 0 Å². The molecule has 1 aromatic rings. The Hall–Kier alpha value is -1.43. The zero-order valence-electron chi connectivity index (χ0n) is 12.9. The lowest BCUT2D eigenvalue weighted by Gasteiger charge is -2.31. The summed E-state index contributed by atoms with van der Waals surface area (Å²) in [7, 11) is 0. The average molecular weight is 295 g/mol. The van der Waals surface area contributed by atoms with Gasteiger partial charge in [-0.3, -0.25) is 9.69 Å². The predicted octanol–water partition coefficient (Wildman–Crippen LogP) is 2.34. The lowest BCUT2D eigenvalue weighted by Crippen LogP contribution is -2.35. The Kier molecular flexibility index (Phi) is 5.73. The summed E-state index contributed by atoms with van der Waals surface area (Å²) in [6.07, 6.45) is 4.08. The van der Waals surface area contributed by atoms with E-state index in [1.165, 1.54) is 0 Å². The lowest BCUT2D eigenvalue weighted by atomic mass is 9.93. The number of carboxylic acid groups (broad SMARTS) is 1. The van der Waals surface area contributed by atoms with Crippen LogP contribution in [0.2, 0.25) is 0 Å². The second kappa shape index (κ2) is 7.54. The van der Waals surface area contributed by atoms with Crippen molar-refractivity contribution in [3.05, 3.63) is 11.7 Å². The zero-order chi connectivity index (χ0) is 15.2. The maximum Gasteiger partial charge on any atom is 0.303 e. The van der Waals surface area contributed by atoms with E-state index in [1.54, 1.807) is 0 Å². The molecule has 118 valence electrons. The van der Waals surface area contributed by atoms with E-state index >= 15 is 0 Å².